The Morgan fingerprint density at radius 1 is 1.33 bits per heavy atom. The van der Waals surface area contributed by atoms with Gasteiger partial charge in [0.15, 0.2) is 0 Å². The molecule has 0 aliphatic carbocycles. The molecule has 0 bridgehead atoms. The summed E-state index contributed by atoms with van der Waals surface area (Å²) in [4.78, 5) is 0. The van der Waals surface area contributed by atoms with E-state index in [9.17, 15) is 0 Å². The zero-order chi connectivity index (χ0) is 13.5. The second kappa shape index (κ2) is 8.18. The molecule has 0 aliphatic heterocycles. The van der Waals surface area contributed by atoms with E-state index >= 15 is 0 Å². The van der Waals surface area contributed by atoms with E-state index in [4.69, 9.17) is 4.74 Å². The maximum Gasteiger partial charge on any atom is 0.137 e. The molecular formula is C14H21Br2NO. The third-order valence-corrected chi connectivity index (χ3v) is 3.97. The lowest BCUT2D eigenvalue weighted by atomic mass is 10.1. The minimum Gasteiger partial charge on any atom is -0.495 e. The van der Waals surface area contributed by atoms with Gasteiger partial charge in [-0.3, -0.25) is 0 Å². The van der Waals surface area contributed by atoms with Gasteiger partial charge in [-0.05, 0) is 41.4 Å². The van der Waals surface area contributed by atoms with Crippen LogP contribution in [0.15, 0.2) is 21.1 Å². The lowest BCUT2D eigenvalue weighted by Crippen LogP contribution is -2.25. The Labute approximate surface area is 127 Å². The van der Waals surface area contributed by atoms with Gasteiger partial charge in [0.25, 0.3) is 0 Å². The SMILES string of the molecule is CCCCC(C)NCc1cc(Br)cc(Br)c1OC. The third kappa shape index (κ3) is 4.90. The van der Waals surface area contributed by atoms with Crippen LogP contribution in [0.1, 0.15) is 38.7 Å². The molecule has 1 aromatic rings. The smallest absolute Gasteiger partial charge is 0.137 e. The van der Waals surface area contributed by atoms with Gasteiger partial charge in [0.2, 0.25) is 0 Å². The van der Waals surface area contributed by atoms with E-state index in [0.29, 0.717) is 6.04 Å². The molecule has 102 valence electrons. The molecule has 0 spiro atoms. The Kier molecular flexibility index (Phi) is 7.27. The molecule has 0 radical (unpaired) electrons. The highest BCUT2D eigenvalue weighted by Crippen LogP contribution is 2.32. The summed E-state index contributed by atoms with van der Waals surface area (Å²) in [6.45, 7) is 5.28. The maximum atomic E-state index is 5.44. The van der Waals surface area contributed by atoms with E-state index in [1.54, 1.807) is 7.11 Å². The van der Waals surface area contributed by atoms with Gasteiger partial charge in [-0.15, -0.1) is 0 Å². The zero-order valence-corrected chi connectivity index (χ0v) is 14.4. The maximum absolute atomic E-state index is 5.44. The van der Waals surface area contributed by atoms with Crippen LogP contribution in [0.2, 0.25) is 0 Å². The molecule has 0 heterocycles. The van der Waals surface area contributed by atoms with Crippen molar-refractivity contribution in [3.05, 3.63) is 26.6 Å². The van der Waals surface area contributed by atoms with E-state index < -0.39 is 0 Å². The molecular weight excluding hydrogens is 358 g/mol. The molecule has 0 aliphatic rings. The van der Waals surface area contributed by atoms with Crippen LogP contribution in [0, 0.1) is 0 Å². The summed E-state index contributed by atoms with van der Waals surface area (Å²) >= 11 is 7.04. The number of nitrogens with one attached hydrogen (secondary N) is 1. The number of hydrogen-bond acceptors (Lipinski definition) is 2. The first-order valence-corrected chi connectivity index (χ1v) is 7.92. The van der Waals surface area contributed by atoms with Crippen molar-refractivity contribution in [3.8, 4) is 5.75 Å². The van der Waals surface area contributed by atoms with Crippen molar-refractivity contribution in [1.82, 2.24) is 5.32 Å². The summed E-state index contributed by atoms with van der Waals surface area (Å²) in [7, 11) is 1.71. The van der Waals surface area contributed by atoms with Crippen molar-refractivity contribution in [1.29, 1.82) is 0 Å². The number of methoxy groups -OCH3 is 1. The molecule has 1 aromatic carbocycles. The number of ether oxygens (including phenoxy) is 1. The monoisotopic (exact) mass is 377 g/mol. The van der Waals surface area contributed by atoms with Gasteiger partial charge >= 0.3 is 0 Å². The van der Waals surface area contributed by atoms with Crippen LogP contribution in [0.5, 0.6) is 5.75 Å². The van der Waals surface area contributed by atoms with Crippen LogP contribution in [-0.2, 0) is 6.54 Å². The molecule has 0 amide bonds. The van der Waals surface area contributed by atoms with E-state index in [0.717, 1.165) is 21.2 Å². The van der Waals surface area contributed by atoms with E-state index in [1.807, 2.05) is 6.07 Å². The molecule has 2 nitrogen and oxygen atoms in total. The third-order valence-electron chi connectivity index (χ3n) is 2.92. The van der Waals surface area contributed by atoms with Gasteiger partial charge in [-0.2, -0.15) is 0 Å². The number of halogens is 2. The summed E-state index contributed by atoms with van der Waals surface area (Å²) in [5.41, 5.74) is 1.17. The lowest BCUT2D eigenvalue weighted by Gasteiger charge is -2.16. The topological polar surface area (TPSA) is 21.3 Å². The summed E-state index contributed by atoms with van der Waals surface area (Å²) < 4.78 is 7.48. The number of unbranched alkanes of at least 4 members (excludes halogenated alkanes) is 1. The highest BCUT2D eigenvalue weighted by molar-refractivity contribution is 9.11. The normalized spacial score (nSPS) is 12.5. The Balaban J connectivity index is 2.66. The minimum absolute atomic E-state index is 0.535. The predicted molar refractivity (Wildman–Crippen MR) is 84.2 cm³/mol. The average Bonchev–Trinajstić information content (AvgIpc) is 2.33. The Bertz CT molecular complexity index is 382. The van der Waals surface area contributed by atoms with Crippen molar-refractivity contribution in [3.63, 3.8) is 0 Å². The first-order valence-electron chi connectivity index (χ1n) is 6.33. The Morgan fingerprint density at radius 3 is 2.67 bits per heavy atom. The molecule has 0 saturated carbocycles. The number of hydrogen-bond donors (Lipinski definition) is 1. The summed E-state index contributed by atoms with van der Waals surface area (Å²) in [6.07, 6.45) is 3.74. The molecule has 0 saturated heterocycles. The highest BCUT2D eigenvalue weighted by atomic mass is 79.9. The summed E-state index contributed by atoms with van der Waals surface area (Å²) in [5.74, 6) is 0.911. The van der Waals surface area contributed by atoms with Crippen molar-refractivity contribution >= 4 is 31.9 Å². The second-order valence-corrected chi connectivity index (χ2v) is 6.27. The fraction of sp³-hybridized carbons (Fsp3) is 0.571. The molecule has 18 heavy (non-hydrogen) atoms. The van der Waals surface area contributed by atoms with Crippen molar-refractivity contribution in [2.24, 2.45) is 0 Å². The standard InChI is InChI=1S/C14H21Br2NO/c1-4-5-6-10(2)17-9-11-7-12(15)8-13(16)14(11)18-3/h7-8,10,17H,4-6,9H2,1-3H3. The van der Waals surface area contributed by atoms with E-state index in [1.165, 1.54) is 24.8 Å². The van der Waals surface area contributed by atoms with Crippen molar-refractivity contribution in [2.75, 3.05) is 7.11 Å². The molecule has 1 atom stereocenters. The Hall–Kier alpha value is -0.0600. The van der Waals surface area contributed by atoms with Crippen LogP contribution in [0.4, 0.5) is 0 Å². The largest absolute Gasteiger partial charge is 0.495 e. The van der Waals surface area contributed by atoms with Gasteiger partial charge in [0, 0.05) is 22.6 Å². The van der Waals surface area contributed by atoms with Crippen LogP contribution in [0.25, 0.3) is 0 Å². The Morgan fingerprint density at radius 2 is 2.06 bits per heavy atom. The van der Waals surface area contributed by atoms with Crippen molar-refractivity contribution < 1.29 is 4.74 Å². The number of rotatable bonds is 7. The zero-order valence-electron chi connectivity index (χ0n) is 11.2. The predicted octanol–water partition coefficient (Wildman–Crippen LogP) is 4.89. The molecule has 1 unspecified atom stereocenters. The summed E-state index contributed by atoms with van der Waals surface area (Å²) in [5, 5.41) is 3.54. The van der Waals surface area contributed by atoms with Gasteiger partial charge < -0.3 is 10.1 Å². The molecule has 4 heteroatoms. The summed E-state index contributed by atoms with van der Waals surface area (Å²) in [6, 6.07) is 4.64. The van der Waals surface area contributed by atoms with Crippen LogP contribution < -0.4 is 10.1 Å². The molecule has 1 N–H and O–H groups in total. The van der Waals surface area contributed by atoms with Crippen molar-refractivity contribution in [2.45, 2.75) is 45.7 Å². The first kappa shape index (κ1) is 16.0. The van der Waals surface area contributed by atoms with E-state index in [-0.39, 0.29) is 0 Å². The minimum atomic E-state index is 0.535. The first-order chi connectivity index (χ1) is 8.58. The molecule has 1 rings (SSSR count). The van der Waals surface area contributed by atoms with Gasteiger partial charge in [-0.1, -0.05) is 35.7 Å². The quantitative estimate of drug-likeness (QED) is 0.729. The van der Waals surface area contributed by atoms with Gasteiger partial charge in [-0.25, -0.2) is 0 Å². The lowest BCUT2D eigenvalue weighted by molar-refractivity contribution is 0.401. The van der Waals surface area contributed by atoms with Crippen LogP contribution >= 0.6 is 31.9 Å². The highest BCUT2D eigenvalue weighted by Gasteiger charge is 2.10. The fourth-order valence-corrected chi connectivity index (χ4v) is 3.35. The molecule has 0 aromatic heterocycles. The van der Waals surface area contributed by atoms with Crippen LogP contribution in [-0.4, -0.2) is 13.2 Å². The van der Waals surface area contributed by atoms with Gasteiger partial charge in [0.1, 0.15) is 5.75 Å². The van der Waals surface area contributed by atoms with Crippen LogP contribution in [0.3, 0.4) is 0 Å². The van der Waals surface area contributed by atoms with Gasteiger partial charge in [0.05, 0.1) is 11.6 Å². The number of benzene rings is 1. The average molecular weight is 379 g/mol. The fourth-order valence-electron chi connectivity index (χ4n) is 1.87. The second-order valence-electron chi connectivity index (χ2n) is 4.50. The molecule has 0 fully saturated rings. The van der Waals surface area contributed by atoms with E-state index in [2.05, 4.69) is 57.1 Å².